The molecule has 0 radical (unpaired) electrons. The number of hydrogen-bond acceptors (Lipinski definition) is 2. The average molecular weight is 367 g/mol. The molecule has 3 aromatic heterocycles. The molecule has 6 heteroatoms. The van der Waals surface area contributed by atoms with Crippen LogP contribution in [0.3, 0.4) is 0 Å². The number of amides is 1. The third-order valence-corrected chi connectivity index (χ3v) is 4.80. The van der Waals surface area contributed by atoms with Gasteiger partial charge in [0.1, 0.15) is 11.3 Å². The van der Waals surface area contributed by atoms with Gasteiger partial charge in [-0.05, 0) is 30.5 Å². The molecule has 0 aliphatic rings. The number of aromatic amines is 1. The largest absolute Gasteiger partial charge is 0.361 e. The number of fused-ring (bicyclic) bond motifs is 2. The summed E-state index contributed by atoms with van der Waals surface area (Å²) in [4.78, 5) is 20.6. The first-order chi connectivity index (χ1) is 12.7. The van der Waals surface area contributed by atoms with Gasteiger partial charge in [-0.3, -0.25) is 9.20 Å². The minimum Gasteiger partial charge on any atom is -0.361 e. The molecule has 0 bridgehead atoms. The van der Waals surface area contributed by atoms with E-state index >= 15 is 0 Å². The number of nitrogens with zero attached hydrogens (tertiary/aromatic N) is 2. The summed E-state index contributed by atoms with van der Waals surface area (Å²) in [6.07, 6.45) is 5.24. The van der Waals surface area contributed by atoms with Gasteiger partial charge < -0.3 is 10.3 Å². The highest BCUT2D eigenvalue weighted by molar-refractivity contribution is 6.30. The van der Waals surface area contributed by atoms with Gasteiger partial charge in [0, 0.05) is 40.9 Å². The van der Waals surface area contributed by atoms with Crippen LogP contribution in [-0.2, 0) is 12.8 Å². The second-order valence-electron chi connectivity index (χ2n) is 6.20. The molecule has 1 aromatic carbocycles. The van der Waals surface area contributed by atoms with Crippen molar-refractivity contribution in [1.82, 2.24) is 19.7 Å². The molecule has 5 nitrogen and oxygen atoms in total. The molecule has 0 aliphatic heterocycles. The quantitative estimate of drug-likeness (QED) is 0.560. The number of carbonyl (C=O) groups excluding carboxylic acids is 1. The van der Waals surface area contributed by atoms with Gasteiger partial charge in [-0.15, -0.1) is 0 Å². The minimum absolute atomic E-state index is 0.114. The van der Waals surface area contributed by atoms with Crippen LogP contribution in [-0.4, -0.2) is 26.8 Å². The second-order valence-corrected chi connectivity index (χ2v) is 6.64. The van der Waals surface area contributed by atoms with Gasteiger partial charge in [0.15, 0.2) is 0 Å². The van der Waals surface area contributed by atoms with Crippen molar-refractivity contribution in [1.29, 1.82) is 0 Å². The molecule has 0 aliphatic carbocycles. The van der Waals surface area contributed by atoms with Crippen molar-refractivity contribution < 1.29 is 4.79 Å². The fourth-order valence-corrected chi connectivity index (χ4v) is 3.44. The van der Waals surface area contributed by atoms with Crippen LogP contribution in [0, 0.1) is 0 Å². The number of para-hydroxylation sites is 1. The number of benzene rings is 1. The lowest BCUT2D eigenvalue weighted by Gasteiger charge is -2.06. The zero-order chi connectivity index (χ0) is 18.1. The molecular weight excluding hydrogens is 348 g/mol. The Morgan fingerprint density at radius 1 is 1.31 bits per heavy atom. The van der Waals surface area contributed by atoms with Crippen molar-refractivity contribution in [2.24, 2.45) is 0 Å². The first kappa shape index (κ1) is 16.7. The lowest BCUT2D eigenvalue weighted by atomic mass is 10.1. The van der Waals surface area contributed by atoms with Gasteiger partial charge in [0.05, 0.1) is 5.69 Å². The van der Waals surface area contributed by atoms with Crippen molar-refractivity contribution >= 4 is 34.1 Å². The molecule has 4 aromatic rings. The number of carbonyl (C=O) groups is 1. The summed E-state index contributed by atoms with van der Waals surface area (Å²) in [5.41, 5.74) is 4.35. The standard InChI is InChI=1S/C20H19ClN4O/c1-2-16-19(25-10-8-14(21)11-18(25)24-16)20(26)22-9-7-13-12-23-17-6-4-3-5-15(13)17/h3-6,8,10-12,23H,2,7,9H2,1H3,(H,22,26). The van der Waals surface area contributed by atoms with E-state index in [1.807, 2.05) is 25.3 Å². The highest BCUT2D eigenvalue weighted by atomic mass is 35.5. The summed E-state index contributed by atoms with van der Waals surface area (Å²) in [6.45, 7) is 2.55. The second kappa shape index (κ2) is 6.84. The van der Waals surface area contributed by atoms with Gasteiger partial charge in [-0.2, -0.15) is 0 Å². The van der Waals surface area contributed by atoms with E-state index in [1.54, 1.807) is 22.7 Å². The molecule has 0 saturated heterocycles. The smallest absolute Gasteiger partial charge is 0.270 e. The molecular formula is C20H19ClN4O. The van der Waals surface area contributed by atoms with E-state index in [0.717, 1.165) is 17.6 Å². The number of nitrogens with one attached hydrogen (secondary N) is 2. The van der Waals surface area contributed by atoms with Crippen molar-refractivity contribution in [3.63, 3.8) is 0 Å². The van der Waals surface area contributed by atoms with E-state index in [2.05, 4.69) is 27.4 Å². The molecule has 132 valence electrons. The molecule has 0 saturated carbocycles. The molecule has 4 rings (SSSR count). The fraction of sp³-hybridized carbons (Fsp3) is 0.200. The molecule has 0 spiro atoms. The first-order valence-electron chi connectivity index (χ1n) is 8.67. The summed E-state index contributed by atoms with van der Waals surface area (Å²) in [5, 5.41) is 4.83. The Morgan fingerprint density at radius 2 is 2.15 bits per heavy atom. The highest BCUT2D eigenvalue weighted by Crippen LogP contribution is 2.19. The van der Waals surface area contributed by atoms with Crippen molar-refractivity contribution in [3.8, 4) is 0 Å². The van der Waals surface area contributed by atoms with Crippen LogP contribution < -0.4 is 5.32 Å². The maximum atomic E-state index is 12.8. The Bertz CT molecular complexity index is 1100. The third-order valence-electron chi connectivity index (χ3n) is 4.57. The number of H-pyrrole nitrogens is 1. The van der Waals surface area contributed by atoms with Crippen molar-refractivity contribution in [2.75, 3.05) is 6.54 Å². The van der Waals surface area contributed by atoms with Gasteiger partial charge >= 0.3 is 0 Å². The molecule has 1 amide bonds. The molecule has 26 heavy (non-hydrogen) atoms. The van der Waals surface area contributed by atoms with E-state index in [1.165, 1.54) is 10.9 Å². The topological polar surface area (TPSA) is 62.2 Å². The lowest BCUT2D eigenvalue weighted by molar-refractivity contribution is 0.0947. The SMILES string of the molecule is CCc1nc2cc(Cl)ccn2c1C(=O)NCCc1c[nH]c2ccccc12. The molecule has 0 atom stereocenters. The summed E-state index contributed by atoms with van der Waals surface area (Å²) in [5.74, 6) is -0.114. The highest BCUT2D eigenvalue weighted by Gasteiger charge is 2.18. The van der Waals surface area contributed by atoms with E-state index in [4.69, 9.17) is 11.6 Å². The Kier molecular flexibility index (Phi) is 4.39. The third kappa shape index (κ3) is 2.95. The Labute approximate surface area is 156 Å². The number of rotatable bonds is 5. The van der Waals surface area contributed by atoms with Gasteiger partial charge in [-0.1, -0.05) is 36.7 Å². The van der Waals surface area contributed by atoms with Crippen LogP contribution >= 0.6 is 11.6 Å². The molecule has 3 heterocycles. The lowest BCUT2D eigenvalue weighted by Crippen LogP contribution is -2.27. The Morgan fingerprint density at radius 3 is 3.00 bits per heavy atom. The number of halogens is 1. The summed E-state index contributed by atoms with van der Waals surface area (Å²) in [6, 6.07) is 11.7. The Balaban J connectivity index is 1.52. The predicted octanol–water partition coefficient (Wildman–Crippen LogP) is 4.00. The Hall–Kier alpha value is -2.79. The van der Waals surface area contributed by atoms with Gasteiger partial charge in [-0.25, -0.2) is 4.98 Å². The van der Waals surface area contributed by atoms with Crippen LogP contribution in [0.15, 0.2) is 48.8 Å². The van der Waals surface area contributed by atoms with Gasteiger partial charge in [0.25, 0.3) is 5.91 Å². The number of aromatic nitrogens is 3. The van der Waals surface area contributed by atoms with Crippen molar-refractivity contribution in [2.45, 2.75) is 19.8 Å². The monoisotopic (exact) mass is 366 g/mol. The van der Waals surface area contributed by atoms with Crippen LogP contribution in [0.5, 0.6) is 0 Å². The zero-order valence-electron chi connectivity index (χ0n) is 14.4. The maximum absolute atomic E-state index is 12.8. The minimum atomic E-state index is -0.114. The van der Waals surface area contributed by atoms with Crippen LogP contribution in [0.25, 0.3) is 16.6 Å². The van der Waals surface area contributed by atoms with E-state index in [0.29, 0.717) is 29.3 Å². The molecule has 0 unspecified atom stereocenters. The summed E-state index contributed by atoms with van der Waals surface area (Å²) in [7, 11) is 0. The average Bonchev–Trinajstić information content (AvgIpc) is 3.22. The summed E-state index contributed by atoms with van der Waals surface area (Å²) < 4.78 is 1.80. The molecule has 2 N–H and O–H groups in total. The fourth-order valence-electron chi connectivity index (χ4n) is 3.29. The van der Waals surface area contributed by atoms with E-state index in [-0.39, 0.29) is 5.91 Å². The first-order valence-corrected chi connectivity index (χ1v) is 9.05. The van der Waals surface area contributed by atoms with Crippen LogP contribution in [0.1, 0.15) is 28.7 Å². The molecule has 0 fully saturated rings. The van der Waals surface area contributed by atoms with Crippen LogP contribution in [0.4, 0.5) is 0 Å². The van der Waals surface area contributed by atoms with Crippen molar-refractivity contribution in [3.05, 3.63) is 70.8 Å². The number of pyridine rings is 1. The summed E-state index contributed by atoms with van der Waals surface area (Å²) >= 11 is 6.03. The number of imidazole rings is 1. The van der Waals surface area contributed by atoms with E-state index < -0.39 is 0 Å². The normalized spacial score (nSPS) is 11.3. The zero-order valence-corrected chi connectivity index (χ0v) is 15.2. The number of hydrogen-bond donors (Lipinski definition) is 2. The number of aryl methyl sites for hydroxylation is 1. The van der Waals surface area contributed by atoms with Gasteiger partial charge in [0.2, 0.25) is 0 Å². The van der Waals surface area contributed by atoms with Crippen LogP contribution in [0.2, 0.25) is 5.02 Å². The predicted molar refractivity (Wildman–Crippen MR) is 104 cm³/mol. The maximum Gasteiger partial charge on any atom is 0.270 e. The van der Waals surface area contributed by atoms with E-state index in [9.17, 15) is 4.79 Å².